The van der Waals surface area contributed by atoms with Gasteiger partial charge in [-0.15, -0.1) is 0 Å². The van der Waals surface area contributed by atoms with E-state index in [1.807, 2.05) is 0 Å². The van der Waals surface area contributed by atoms with Crippen molar-refractivity contribution in [2.75, 3.05) is 32.7 Å². The maximum absolute atomic E-state index is 10.8. The Morgan fingerprint density at radius 1 is 0.950 bits per heavy atom. The van der Waals surface area contributed by atoms with Crippen LogP contribution >= 0.6 is 0 Å². The summed E-state index contributed by atoms with van der Waals surface area (Å²) in [4.78, 5) is 4.91. The van der Waals surface area contributed by atoms with Gasteiger partial charge < -0.3 is 5.11 Å². The quantitative estimate of drug-likeness (QED) is 0.901. The lowest BCUT2D eigenvalue weighted by Gasteiger charge is -2.49. The monoisotopic (exact) mass is 268 g/mol. The lowest BCUT2D eigenvalue weighted by molar-refractivity contribution is -0.0470. The molecule has 3 heterocycles. The molecule has 3 saturated heterocycles. The molecule has 0 radical (unpaired) electrons. The molecule has 0 saturated carbocycles. The molecule has 0 aromatic heterocycles. The maximum Gasteiger partial charge on any atom is 0.0957 e. The summed E-state index contributed by atoms with van der Waals surface area (Å²) in [6, 6.07) is 14.9. The number of fused-ring (bicyclic) bond motifs is 4. The molecule has 2 atom stereocenters. The molecule has 3 aliphatic heterocycles. The van der Waals surface area contributed by atoms with Crippen molar-refractivity contribution in [1.82, 2.24) is 9.80 Å². The van der Waals surface area contributed by atoms with Crippen LogP contribution in [0.15, 0.2) is 42.5 Å². The molecule has 2 aromatic rings. The van der Waals surface area contributed by atoms with E-state index < -0.39 is 0 Å². The van der Waals surface area contributed by atoms with E-state index in [2.05, 4.69) is 52.3 Å². The first kappa shape index (κ1) is 12.3. The third kappa shape index (κ3) is 2.03. The molecule has 3 nitrogen and oxygen atoms in total. The Balaban J connectivity index is 1.64. The van der Waals surface area contributed by atoms with E-state index in [4.69, 9.17) is 0 Å². The highest BCUT2D eigenvalue weighted by Crippen LogP contribution is 2.29. The summed E-state index contributed by atoms with van der Waals surface area (Å²) < 4.78 is 0. The number of hydrogen-bond donors (Lipinski definition) is 1. The Hall–Kier alpha value is -1.42. The van der Waals surface area contributed by atoms with Crippen LogP contribution in [-0.4, -0.2) is 53.7 Å². The van der Waals surface area contributed by atoms with Gasteiger partial charge in [0.25, 0.3) is 0 Å². The molecule has 3 heteroatoms. The Morgan fingerprint density at radius 3 is 2.40 bits per heavy atom. The molecular weight excluding hydrogens is 248 g/mol. The van der Waals surface area contributed by atoms with Crippen molar-refractivity contribution in [3.63, 3.8) is 0 Å². The molecule has 104 valence electrons. The van der Waals surface area contributed by atoms with Crippen molar-refractivity contribution in [2.45, 2.75) is 12.1 Å². The minimum atomic E-state index is -0.386. The normalized spacial score (nSPS) is 30.6. The predicted molar refractivity (Wildman–Crippen MR) is 80.7 cm³/mol. The Kier molecular flexibility index (Phi) is 2.99. The number of nitrogens with zero attached hydrogens (tertiary/aromatic N) is 2. The highest BCUT2D eigenvalue weighted by molar-refractivity contribution is 5.83. The molecule has 3 aliphatic rings. The molecule has 2 bridgehead atoms. The average molecular weight is 268 g/mol. The summed E-state index contributed by atoms with van der Waals surface area (Å²) in [6.45, 7) is 5.49. The first-order valence-corrected chi connectivity index (χ1v) is 7.44. The maximum atomic E-state index is 10.8. The van der Waals surface area contributed by atoms with Crippen molar-refractivity contribution >= 4 is 10.8 Å². The number of aliphatic hydroxyl groups excluding tert-OH is 1. The van der Waals surface area contributed by atoms with Crippen molar-refractivity contribution in [3.05, 3.63) is 48.0 Å². The van der Waals surface area contributed by atoms with Gasteiger partial charge in [-0.2, -0.15) is 0 Å². The van der Waals surface area contributed by atoms with E-state index in [1.165, 1.54) is 10.8 Å². The Labute approximate surface area is 119 Å². The highest BCUT2D eigenvalue weighted by Gasteiger charge is 2.36. The van der Waals surface area contributed by atoms with Crippen LogP contribution in [0.2, 0.25) is 0 Å². The van der Waals surface area contributed by atoms with Crippen LogP contribution < -0.4 is 0 Å². The second-order valence-electron chi connectivity index (χ2n) is 5.96. The average Bonchev–Trinajstić information content (AvgIpc) is 2.54. The first-order chi connectivity index (χ1) is 9.81. The molecule has 2 aromatic carbocycles. The lowest BCUT2D eigenvalue weighted by atomic mass is 9.95. The number of benzene rings is 2. The van der Waals surface area contributed by atoms with E-state index in [0.29, 0.717) is 0 Å². The molecule has 20 heavy (non-hydrogen) atoms. The number of hydrogen-bond acceptors (Lipinski definition) is 3. The van der Waals surface area contributed by atoms with Gasteiger partial charge in [0.2, 0.25) is 0 Å². The second kappa shape index (κ2) is 4.85. The van der Waals surface area contributed by atoms with Crippen molar-refractivity contribution in [1.29, 1.82) is 0 Å². The van der Waals surface area contributed by atoms with E-state index in [0.717, 1.165) is 38.3 Å². The van der Waals surface area contributed by atoms with Gasteiger partial charge in [0, 0.05) is 32.7 Å². The molecule has 5 rings (SSSR count). The van der Waals surface area contributed by atoms with Crippen molar-refractivity contribution < 1.29 is 5.11 Å². The molecule has 1 N–H and O–H groups in total. The van der Waals surface area contributed by atoms with Gasteiger partial charge in [0.05, 0.1) is 12.1 Å². The van der Waals surface area contributed by atoms with Gasteiger partial charge in [-0.3, -0.25) is 9.80 Å². The van der Waals surface area contributed by atoms with Crippen LogP contribution in [0.3, 0.4) is 0 Å². The van der Waals surface area contributed by atoms with Gasteiger partial charge >= 0.3 is 0 Å². The second-order valence-corrected chi connectivity index (χ2v) is 5.96. The fourth-order valence-electron chi connectivity index (χ4n) is 3.57. The van der Waals surface area contributed by atoms with Crippen LogP contribution in [0, 0.1) is 0 Å². The van der Waals surface area contributed by atoms with E-state index in [-0.39, 0.29) is 12.1 Å². The minimum Gasteiger partial charge on any atom is -0.387 e. The molecular formula is C17H20N2O. The van der Waals surface area contributed by atoms with Crippen LogP contribution in [0.5, 0.6) is 0 Å². The van der Waals surface area contributed by atoms with Gasteiger partial charge in [0.15, 0.2) is 0 Å². The van der Waals surface area contributed by atoms with Crippen LogP contribution in [0.25, 0.3) is 10.8 Å². The molecule has 0 aliphatic carbocycles. The highest BCUT2D eigenvalue weighted by atomic mass is 16.3. The van der Waals surface area contributed by atoms with Crippen LogP contribution in [-0.2, 0) is 0 Å². The standard InChI is InChI=1S/C17H20N2O/c20-17(16-12-18-7-9-19(16)10-8-18)15-6-5-13-3-1-2-4-14(13)11-15/h1-6,11,16-17,20H,7-10,12H2. The van der Waals surface area contributed by atoms with Gasteiger partial charge in [-0.25, -0.2) is 0 Å². The fraction of sp³-hybridized carbons (Fsp3) is 0.412. The largest absolute Gasteiger partial charge is 0.387 e. The third-order valence-electron chi connectivity index (χ3n) is 4.80. The Bertz CT molecular complexity index is 619. The Morgan fingerprint density at radius 2 is 1.70 bits per heavy atom. The number of rotatable bonds is 2. The molecule has 2 unspecified atom stereocenters. The van der Waals surface area contributed by atoms with E-state index in [9.17, 15) is 5.11 Å². The number of piperazine rings is 3. The minimum absolute atomic E-state index is 0.249. The summed E-state index contributed by atoms with van der Waals surface area (Å²) in [6.07, 6.45) is -0.386. The van der Waals surface area contributed by atoms with Gasteiger partial charge in [-0.1, -0.05) is 36.4 Å². The molecule has 0 spiro atoms. The zero-order valence-corrected chi connectivity index (χ0v) is 11.6. The van der Waals surface area contributed by atoms with Crippen molar-refractivity contribution in [2.24, 2.45) is 0 Å². The molecule has 3 fully saturated rings. The smallest absolute Gasteiger partial charge is 0.0957 e. The summed E-state index contributed by atoms with van der Waals surface area (Å²) in [7, 11) is 0. The van der Waals surface area contributed by atoms with Gasteiger partial charge in [0.1, 0.15) is 0 Å². The predicted octanol–water partition coefficient (Wildman–Crippen LogP) is 1.87. The fourth-order valence-corrected chi connectivity index (χ4v) is 3.57. The summed E-state index contributed by atoms with van der Waals surface area (Å²) in [5.41, 5.74) is 1.04. The SMILES string of the molecule is OC(c1ccc2ccccc2c1)C1CN2CCN1CC2. The number of aliphatic hydroxyl groups is 1. The summed E-state index contributed by atoms with van der Waals surface area (Å²) in [5.74, 6) is 0. The van der Waals surface area contributed by atoms with Crippen molar-refractivity contribution in [3.8, 4) is 0 Å². The zero-order valence-electron chi connectivity index (χ0n) is 11.6. The summed E-state index contributed by atoms with van der Waals surface area (Å²) >= 11 is 0. The van der Waals surface area contributed by atoms with E-state index in [1.54, 1.807) is 0 Å². The van der Waals surface area contributed by atoms with Gasteiger partial charge in [-0.05, 0) is 22.4 Å². The third-order valence-corrected chi connectivity index (χ3v) is 4.80. The lowest BCUT2D eigenvalue weighted by Crippen LogP contribution is -2.62. The first-order valence-electron chi connectivity index (χ1n) is 7.44. The molecule has 0 amide bonds. The topological polar surface area (TPSA) is 26.7 Å². The zero-order chi connectivity index (χ0) is 13.5. The summed E-state index contributed by atoms with van der Waals surface area (Å²) in [5, 5.41) is 13.2. The van der Waals surface area contributed by atoms with Crippen LogP contribution in [0.1, 0.15) is 11.7 Å². The van der Waals surface area contributed by atoms with E-state index >= 15 is 0 Å². The van der Waals surface area contributed by atoms with Crippen LogP contribution in [0.4, 0.5) is 0 Å².